The fourth-order valence-corrected chi connectivity index (χ4v) is 4.60. The Hall–Kier alpha value is -4.01. The Morgan fingerprint density at radius 2 is 1.89 bits per heavy atom. The Morgan fingerprint density at radius 3 is 2.65 bits per heavy atom. The first-order valence-corrected chi connectivity index (χ1v) is 12.0. The zero-order valence-corrected chi connectivity index (χ0v) is 20.3. The van der Waals surface area contributed by atoms with E-state index in [0.717, 1.165) is 22.9 Å². The second-order valence-electron chi connectivity index (χ2n) is 8.77. The molecule has 0 saturated heterocycles. The van der Waals surface area contributed by atoms with E-state index in [-0.39, 0.29) is 18.7 Å². The lowest BCUT2D eigenvalue weighted by molar-refractivity contribution is -0.121. The van der Waals surface area contributed by atoms with Crippen LogP contribution in [0.2, 0.25) is 5.02 Å². The molecule has 0 fully saturated rings. The maximum atomic E-state index is 14.0. The van der Waals surface area contributed by atoms with E-state index >= 15 is 0 Å². The Balaban J connectivity index is 1.47. The molecule has 0 bridgehead atoms. The van der Waals surface area contributed by atoms with Gasteiger partial charge in [0.15, 0.2) is 0 Å². The van der Waals surface area contributed by atoms with Crippen molar-refractivity contribution in [1.29, 1.82) is 0 Å². The topological polar surface area (TPSA) is 90.0 Å². The number of amides is 1. The second-order valence-corrected chi connectivity index (χ2v) is 9.21. The number of nitrogens with one attached hydrogen (secondary N) is 3. The maximum absolute atomic E-state index is 14.0. The predicted molar refractivity (Wildman–Crippen MR) is 139 cm³/mol. The van der Waals surface area contributed by atoms with Crippen LogP contribution in [0.25, 0.3) is 17.2 Å². The Morgan fingerprint density at radius 1 is 1.14 bits per heavy atom. The summed E-state index contributed by atoms with van der Waals surface area (Å²) in [6.45, 7) is 0. The number of rotatable bonds is 7. The van der Waals surface area contributed by atoms with E-state index in [0.29, 0.717) is 27.5 Å². The van der Waals surface area contributed by atoms with Crippen molar-refractivity contribution in [3.8, 4) is 11.1 Å². The van der Waals surface area contributed by atoms with Gasteiger partial charge in [0.05, 0.1) is 29.5 Å². The molecule has 1 amide bonds. The molecular formula is C28H23ClF2N4O2. The smallest absolute Gasteiger partial charge is 0.225 e. The summed E-state index contributed by atoms with van der Waals surface area (Å²) in [5.74, 6) is -1.71. The predicted octanol–water partition coefficient (Wildman–Crippen LogP) is 5.41. The van der Waals surface area contributed by atoms with Crippen LogP contribution in [0.4, 0.5) is 14.5 Å². The summed E-state index contributed by atoms with van der Waals surface area (Å²) >= 11 is 6.06. The molecule has 5 rings (SSSR count). The summed E-state index contributed by atoms with van der Waals surface area (Å²) in [4.78, 5) is 20.9. The summed E-state index contributed by atoms with van der Waals surface area (Å²) in [7, 11) is 0. The fraction of sp³-hybridized carbons (Fsp3) is 0.143. The van der Waals surface area contributed by atoms with Gasteiger partial charge < -0.3 is 20.7 Å². The molecule has 0 radical (unpaired) electrons. The van der Waals surface area contributed by atoms with E-state index in [1.54, 1.807) is 42.7 Å². The van der Waals surface area contributed by atoms with Gasteiger partial charge >= 0.3 is 0 Å². The first-order chi connectivity index (χ1) is 17.9. The lowest BCUT2D eigenvalue weighted by Gasteiger charge is -2.22. The fourth-order valence-electron chi connectivity index (χ4n) is 4.47. The Kier molecular flexibility index (Phi) is 7.03. The third kappa shape index (κ3) is 5.71. The molecule has 4 aromatic rings. The number of fused-ring (bicyclic) bond motifs is 1. The van der Waals surface area contributed by atoms with E-state index in [9.17, 15) is 18.7 Å². The molecule has 188 valence electrons. The molecule has 0 saturated carbocycles. The molecular weight excluding hydrogens is 498 g/mol. The number of aliphatic hydroxyl groups excluding tert-OH is 1. The monoisotopic (exact) mass is 520 g/mol. The van der Waals surface area contributed by atoms with Crippen molar-refractivity contribution in [3.63, 3.8) is 0 Å². The van der Waals surface area contributed by atoms with Gasteiger partial charge in [0.2, 0.25) is 5.91 Å². The van der Waals surface area contributed by atoms with Crippen LogP contribution in [0.1, 0.15) is 28.6 Å². The van der Waals surface area contributed by atoms with Crippen molar-refractivity contribution in [2.75, 3.05) is 5.32 Å². The number of hydrogen-bond donors (Lipinski definition) is 4. The maximum Gasteiger partial charge on any atom is 0.225 e. The summed E-state index contributed by atoms with van der Waals surface area (Å²) in [5.41, 5.74) is 4.60. The summed E-state index contributed by atoms with van der Waals surface area (Å²) < 4.78 is 28.0. The minimum absolute atomic E-state index is 0.0104. The molecule has 2 atom stereocenters. The van der Waals surface area contributed by atoms with Crippen molar-refractivity contribution in [3.05, 3.63) is 112 Å². The normalized spacial score (nSPS) is 15.1. The lowest BCUT2D eigenvalue weighted by Crippen LogP contribution is -2.32. The highest BCUT2D eigenvalue weighted by Crippen LogP contribution is 2.31. The SMILES string of the molecule is O=C(Cc1c[nH]c2c1NC(O)C=C2)N[C@@H](Cc1cc(F)cc(F)c1)c1ncccc1-c1ccc(Cl)cc1. The van der Waals surface area contributed by atoms with Crippen LogP contribution in [0.15, 0.2) is 73.1 Å². The van der Waals surface area contributed by atoms with Gasteiger partial charge in [-0.05, 0) is 60.0 Å². The van der Waals surface area contributed by atoms with Gasteiger partial charge in [-0.1, -0.05) is 29.8 Å². The molecule has 0 aliphatic carbocycles. The van der Waals surface area contributed by atoms with Crippen molar-refractivity contribution in [2.24, 2.45) is 0 Å². The number of nitrogens with zero attached hydrogens (tertiary/aromatic N) is 1. The molecule has 4 N–H and O–H groups in total. The van der Waals surface area contributed by atoms with Crippen LogP contribution in [0.5, 0.6) is 0 Å². The van der Waals surface area contributed by atoms with Crippen LogP contribution >= 0.6 is 11.6 Å². The Bertz CT molecular complexity index is 1450. The highest BCUT2D eigenvalue weighted by Gasteiger charge is 2.23. The molecule has 9 heteroatoms. The molecule has 1 aliphatic rings. The summed E-state index contributed by atoms with van der Waals surface area (Å²) in [5, 5.41) is 16.4. The standard InChI is InChI=1S/C28H23ClF2N4O2/c29-19-5-3-17(4-6-19)22-2-1-9-32-28(22)24(12-16-10-20(30)14-21(31)11-16)34-26(37)13-18-15-33-23-7-8-25(36)35-27(18)23/h1-11,14-15,24-25,33,35-36H,12-13H2,(H,34,37)/t24-,25?/m0/s1. The zero-order valence-electron chi connectivity index (χ0n) is 19.5. The van der Waals surface area contributed by atoms with Gasteiger partial charge in [-0.25, -0.2) is 8.78 Å². The third-order valence-corrected chi connectivity index (χ3v) is 6.35. The minimum Gasteiger partial charge on any atom is -0.370 e. The average Bonchev–Trinajstić information content (AvgIpc) is 3.25. The van der Waals surface area contributed by atoms with Crippen molar-refractivity contribution in [1.82, 2.24) is 15.3 Å². The average molecular weight is 521 g/mol. The number of aromatic nitrogens is 2. The van der Waals surface area contributed by atoms with Crippen molar-refractivity contribution in [2.45, 2.75) is 25.1 Å². The number of carbonyl (C=O) groups excluding carboxylic acids is 1. The highest BCUT2D eigenvalue weighted by molar-refractivity contribution is 6.30. The largest absolute Gasteiger partial charge is 0.370 e. The van der Waals surface area contributed by atoms with Gasteiger partial charge in [-0.3, -0.25) is 9.78 Å². The number of benzene rings is 2. The van der Waals surface area contributed by atoms with Gasteiger partial charge in [0, 0.05) is 34.6 Å². The van der Waals surface area contributed by atoms with Gasteiger partial charge in [-0.15, -0.1) is 0 Å². The number of pyridine rings is 1. The number of anilines is 1. The van der Waals surface area contributed by atoms with Gasteiger partial charge in [0.1, 0.15) is 17.9 Å². The number of H-pyrrole nitrogens is 1. The number of hydrogen-bond acceptors (Lipinski definition) is 4. The first-order valence-electron chi connectivity index (χ1n) is 11.6. The van der Waals surface area contributed by atoms with E-state index < -0.39 is 23.9 Å². The number of aromatic amines is 1. The van der Waals surface area contributed by atoms with Gasteiger partial charge in [0.25, 0.3) is 0 Å². The van der Waals surface area contributed by atoms with Gasteiger partial charge in [-0.2, -0.15) is 0 Å². The first kappa shape index (κ1) is 24.7. The number of aliphatic hydroxyl groups is 1. The third-order valence-electron chi connectivity index (χ3n) is 6.10. The quantitative estimate of drug-likeness (QED) is 0.262. The second kappa shape index (κ2) is 10.5. The Labute approximate surface area is 217 Å². The molecule has 3 heterocycles. The molecule has 37 heavy (non-hydrogen) atoms. The van der Waals surface area contributed by atoms with E-state index in [1.807, 2.05) is 18.2 Å². The minimum atomic E-state index is -0.851. The molecule has 2 aromatic heterocycles. The zero-order chi connectivity index (χ0) is 25.9. The van der Waals surface area contributed by atoms with Crippen LogP contribution in [-0.2, 0) is 17.6 Å². The van der Waals surface area contributed by atoms with Crippen LogP contribution in [0.3, 0.4) is 0 Å². The van der Waals surface area contributed by atoms with Crippen molar-refractivity contribution >= 4 is 29.3 Å². The molecule has 0 spiro atoms. The van der Waals surface area contributed by atoms with Crippen LogP contribution < -0.4 is 10.6 Å². The summed E-state index contributed by atoms with van der Waals surface area (Å²) in [6.07, 6.45) is 5.92. The summed E-state index contributed by atoms with van der Waals surface area (Å²) in [6, 6.07) is 13.5. The number of halogens is 3. The molecule has 1 unspecified atom stereocenters. The van der Waals surface area contributed by atoms with Crippen molar-refractivity contribution < 1.29 is 18.7 Å². The molecule has 6 nitrogen and oxygen atoms in total. The van der Waals surface area contributed by atoms with Crippen LogP contribution in [-0.4, -0.2) is 27.2 Å². The van der Waals surface area contributed by atoms with E-state index in [4.69, 9.17) is 11.6 Å². The molecule has 1 aliphatic heterocycles. The molecule has 2 aromatic carbocycles. The highest BCUT2D eigenvalue weighted by atomic mass is 35.5. The number of carbonyl (C=O) groups is 1. The lowest BCUT2D eigenvalue weighted by atomic mass is 9.95. The van der Waals surface area contributed by atoms with E-state index in [1.165, 1.54) is 12.1 Å². The van der Waals surface area contributed by atoms with E-state index in [2.05, 4.69) is 20.6 Å². The van der Waals surface area contributed by atoms with Crippen LogP contribution in [0, 0.1) is 11.6 Å².